The van der Waals surface area contributed by atoms with E-state index in [1.165, 1.54) is 23.3 Å². The van der Waals surface area contributed by atoms with Gasteiger partial charge in [-0.2, -0.15) is 5.10 Å². The van der Waals surface area contributed by atoms with Gasteiger partial charge in [0, 0.05) is 11.5 Å². The predicted octanol–water partition coefficient (Wildman–Crippen LogP) is 5.00. The van der Waals surface area contributed by atoms with E-state index in [9.17, 15) is 4.79 Å². The quantitative estimate of drug-likeness (QED) is 0.521. The number of carbonyl (C=O) groups is 1. The van der Waals surface area contributed by atoms with Gasteiger partial charge in [0.15, 0.2) is 6.61 Å². The van der Waals surface area contributed by atoms with Crippen LogP contribution in [0.4, 0.5) is 0 Å². The molecule has 0 radical (unpaired) electrons. The fourth-order valence-corrected chi connectivity index (χ4v) is 5.39. The van der Waals surface area contributed by atoms with Crippen LogP contribution in [-0.2, 0) is 4.79 Å². The Kier molecular flexibility index (Phi) is 7.14. The minimum absolute atomic E-state index is 0.106. The zero-order chi connectivity index (χ0) is 18.4. The van der Waals surface area contributed by atoms with Crippen molar-refractivity contribution in [1.29, 1.82) is 0 Å². The van der Waals surface area contributed by atoms with Gasteiger partial charge in [0.1, 0.15) is 5.75 Å². The van der Waals surface area contributed by atoms with E-state index in [4.69, 9.17) is 27.9 Å². The molecule has 0 spiro atoms. The lowest BCUT2D eigenvalue weighted by Crippen LogP contribution is -2.24. The second-order valence-corrected chi connectivity index (χ2v) is 8.94. The number of hydrazone groups is 1. The first-order valence-corrected chi connectivity index (χ1v) is 10.7. The molecule has 8 heteroatoms. The largest absolute Gasteiger partial charge is 0.484 e. The third-order valence-corrected chi connectivity index (χ3v) is 7.33. The number of hydrogen-bond acceptors (Lipinski definition) is 5. The molecular weight excluding hydrogens is 411 g/mol. The summed E-state index contributed by atoms with van der Waals surface area (Å²) in [4.78, 5) is 11.8. The summed E-state index contributed by atoms with van der Waals surface area (Å²) in [5, 5.41) is 4.78. The number of hydrogen-bond donors (Lipinski definition) is 1. The molecule has 3 rings (SSSR count). The van der Waals surface area contributed by atoms with Crippen LogP contribution in [0.5, 0.6) is 5.75 Å². The van der Waals surface area contributed by atoms with Gasteiger partial charge in [0.05, 0.1) is 20.8 Å². The van der Waals surface area contributed by atoms with Crippen molar-refractivity contribution in [3.8, 4) is 5.75 Å². The number of nitrogens with zero attached hydrogens (tertiary/aromatic N) is 1. The van der Waals surface area contributed by atoms with Gasteiger partial charge in [-0.3, -0.25) is 4.79 Å². The van der Waals surface area contributed by atoms with Crippen molar-refractivity contribution in [2.24, 2.45) is 5.10 Å². The Balaban J connectivity index is 1.44. The normalized spacial score (nSPS) is 14.7. The lowest BCUT2D eigenvalue weighted by molar-refractivity contribution is -0.123. The van der Waals surface area contributed by atoms with E-state index in [1.54, 1.807) is 18.2 Å². The van der Waals surface area contributed by atoms with Crippen LogP contribution in [-0.4, -0.2) is 30.2 Å². The maximum Gasteiger partial charge on any atom is 0.277 e. The van der Waals surface area contributed by atoms with Gasteiger partial charge in [-0.1, -0.05) is 41.4 Å². The third kappa shape index (κ3) is 5.58. The van der Waals surface area contributed by atoms with Crippen LogP contribution in [0.1, 0.15) is 15.7 Å². The zero-order valence-electron chi connectivity index (χ0n) is 13.7. The summed E-state index contributed by atoms with van der Waals surface area (Å²) in [6.45, 7) is -0.106. The third-order valence-electron chi connectivity index (χ3n) is 3.49. The highest BCUT2D eigenvalue weighted by atomic mass is 35.5. The van der Waals surface area contributed by atoms with Crippen molar-refractivity contribution >= 4 is 58.8 Å². The molecule has 1 amide bonds. The Hall–Kier alpha value is -1.34. The van der Waals surface area contributed by atoms with Crippen LogP contribution in [0.15, 0.2) is 47.6 Å². The van der Waals surface area contributed by atoms with Crippen molar-refractivity contribution in [2.75, 3.05) is 18.1 Å². The molecule has 26 heavy (non-hydrogen) atoms. The number of ether oxygens (including phenoxy) is 1. The molecule has 1 N–H and O–H groups in total. The number of halogens is 2. The SMILES string of the molecule is O=C(COc1ccc(C2SCCS2)cc1)N/N=C\c1ccc(Cl)c(Cl)c1. The number of rotatable bonds is 6. The van der Waals surface area contributed by atoms with Gasteiger partial charge >= 0.3 is 0 Å². The molecule has 0 aromatic heterocycles. The van der Waals surface area contributed by atoms with Crippen molar-refractivity contribution in [1.82, 2.24) is 5.43 Å². The second-order valence-electron chi connectivity index (χ2n) is 5.40. The molecule has 1 saturated heterocycles. The molecule has 4 nitrogen and oxygen atoms in total. The average molecular weight is 427 g/mol. The van der Waals surface area contributed by atoms with Crippen LogP contribution in [0.3, 0.4) is 0 Å². The van der Waals surface area contributed by atoms with Gasteiger partial charge in [-0.25, -0.2) is 5.43 Å². The molecule has 0 atom stereocenters. The minimum atomic E-state index is -0.340. The molecule has 1 aliphatic heterocycles. The predicted molar refractivity (Wildman–Crippen MR) is 112 cm³/mol. The number of benzene rings is 2. The zero-order valence-corrected chi connectivity index (χ0v) is 16.8. The summed E-state index contributed by atoms with van der Waals surface area (Å²) < 4.78 is 5.99. The highest BCUT2D eigenvalue weighted by Gasteiger charge is 2.17. The maximum absolute atomic E-state index is 11.8. The number of nitrogens with one attached hydrogen (secondary N) is 1. The highest BCUT2D eigenvalue weighted by molar-refractivity contribution is 8.19. The van der Waals surface area contributed by atoms with E-state index < -0.39 is 0 Å². The number of carbonyl (C=O) groups excluding carboxylic acids is 1. The summed E-state index contributed by atoms with van der Waals surface area (Å²) in [7, 11) is 0. The number of thioether (sulfide) groups is 2. The van der Waals surface area contributed by atoms with Crippen LogP contribution in [0.25, 0.3) is 0 Å². The maximum atomic E-state index is 11.8. The van der Waals surface area contributed by atoms with Crippen molar-refractivity contribution in [3.63, 3.8) is 0 Å². The Morgan fingerprint density at radius 3 is 2.58 bits per heavy atom. The molecule has 136 valence electrons. The Bertz CT molecular complexity index is 794. The molecule has 2 aromatic carbocycles. The molecule has 0 saturated carbocycles. The topological polar surface area (TPSA) is 50.7 Å². The molecule has 2 aromatic rings. The second kappa shape index (κ2) is 9.55. The molecule has 0 aliphatic carbocycles. The van der Waals surface area contributed by atoms with Crippen molar-refractivity contribution < 1.29 is 9.53 Å². The fourth-order valence-electron chi connectivity index (χ4n) is 2.22. The van der Waals surface area contributed by atoms with E-state index in [0.717, 1.165) is 5.56 Å². The highest BCUT2D eigenvalue weighted by Crippen LogP contribution is 2.45. The van der Waals surface area contributed by atoms with Gasteiger partial charge in [-0.05, 0) is 35.4 Å². The molecule has 1 heterocycles. The van der Waals surface area contributed by atoms with Crippen LogP contribution in [0.2, 0.25) is 10.0 Å². The molecular formula is C18H16Cl2N2O2S2. The smallest absolute Gasteiger partial charge is 0.277 e. The van der Waals surface area contributed by atoms with Gasteiger partial charge in [0.25, 0.3) is 5.91 Å². The van der Waals surface area contributed by atoms with Crippen molar-refractivity contribution in [2.45, 2.75) is 4.58 Å². The first-order chi connectivity index (χ1) is 12.6. The van der Waals surface area contributed by atoms with Crippen LogP contribution < -0.4 is 10.2 Å². The summed E-state index contributed by atoms with van der Waals surface area (Å²) in [6, 6.07) is 13.0. The van der Waals surface area contributed by atoms with E-state index in [0.29, 0.717) is 20.4 Å². The molecule has 1 aliphatic rings. The van der Waals surface area contributed by atoms with Crippen LogP contribution in [0, 0.1) is 0 Å². The fraction of sp³-hybridized carbons (Fsp3) is 0.222. The molecule has 1 fully saturated rings. The van der Waals surface area contributed by atoms with E-state index >= 15 is 0 Å². The van der Waals surface area contributed by atoms with Gasteiger partial charge in [-0.15, -0.1) is 23.5 Å². The standard InChI is InChI=1S/C18H16Cl2N2O2S2/c19-15-6-1-12(9-16(15)20)10-21-22-17(23)11-24-14-4-2-13(3-5-14)18-25-7-8-26-18/h1-6,9-10,18H,7-8,11H2,(H,22,23)/b21-10-. The summed E-state index contributed by atoms with van der Waals surface area (Å²) >= 11 is 15.7. The Morgan fingerprint density at radius 2 is 1.88 bits per heavy atom. The summed E-state index contributed by atoms with van der Waals surface area (Å²) in [5.74, 6) is 2.70. The molecule has 0 bridgehead atoms. The molecule has 0 unspecified atom stereocenters. The van der Waals surface area contributed by atoms with E-state index in [-0.39, 0.29) is 12.5 Å². The van der Waals surface area contributed by atoms with Gasteiger partial charge in [0.2, 0.25) is 0 Å². The lowest BCUT2D eigenvalue weighted by atomic mass is 10.2. The first kappa shape index (κ1) is 19.4. The lowest BCUT2D eigenvalue weighted by Gasteiger charge is -2.10. The summed E-state index contributed by atoms with van der Waals surface area (Å²) in [5.41, 5.74) is 4.43. The van der Waals surface area contributed by atoms with Crippen LogP contribution >= 0.6 is 46.7 Å². The van der Waals surface area contributed by atoms with E-state index in [1.807, 2.05) is 47.8 Å². The monoisotopic (exact) mass is 426 g/mol. The number of amides is 1. The summed E-state index contributed by atoms with van der Waals surface area (Å²) in [6.07, 6.45) is 1.49. The average Bonchev–Trinajstić information content (AvgIpc) is 3.18. The van der Waals surface area contributed by atoms with Gasteiger partial charge < -0.3 is 4.74 Å². The minimum Gasteiger partial charge on any atom is -0.484 e. The Labute approximate surface area is 170 Å². The first-order valence-electron chi connectivity index (χ1n) is 7.85. The van der Waals surface area contributed by atoms with Crippen molar-refractivity contribution in [3.05, 3.63) is 63.6 Å². The van der Waals surface area contributed by atoms with E-state index in [2.05, 4.69) is 10.5 Å². The Morgan fingerprint density at radius 1 is 1.15 bits per heavy atom.